The number of carboxylic acid groups (broad SMARTS) is 1. The van der Waals surface area contributed by atoms with Crippen LogP contribution in [0.3, 0.4) is 0 Å². The molecule has 4 amide bonds. The van der Waals surface area contributed by atoms with Gasteiger partial charge >= 0.3 is 12.0 Å². The zero-order valence-electron chi connectivity index (χ0n) is 28.2. The first-order valence-corrected chi connectivity index (χ1v) is 18.9. The lowest BCUT2D eigenvalue weighted by molar-refractivity contribution is -0.157. The summed E-state index contributed by atoms with van der Waals surface area (Å²) in [6.07, 6.45) is 3.57. The van der Waals surface area contributed by atoms with E-state index in [1.807, 2.05) is 48.2 Å². The Kier molecular flexibility index (Phi) is 11.3. The molecule has 2 N–H and O–H groups in total. The van der Waals surface area contributed by atoms with E-state index in [2.05, 4.69) is 54.0 Å². The Bertz CT molecular complexity index is 1550. The number of halogens is 2. The number of likely N-dealkylation sites (tertiary alicyclic amines) is 2. The molecule has 4 aliphatic heterocycles. The van der Waals surface area contributed by atoms with Crippen molar-refractivity contribution in [1.29, 1.82) is 0 Å². The van der Waals surface area contributed by atoms with Crippen molar-refractivity contribution in [3.8, 4) is 0 Å². The molecule has 0 saturated carbocycles. The molecule has 2 unspecified atom stereocenters. The van der Waals surface area contributed by atoms with Crippen molar-refractivity contribution in [2.75, 3.05) is 58.2 Å². The molecule has 264 valence electrons. The normalized spacial score (nSPS) is 22.1. The third kappa shape index (κ3) is 8.16. The van der Waals surface area contributed by atoms with E-state index in [9.17, 15) is 24.3 Å². The Morgan fingerprint density at radius 2 is 1.59 bits per heavy atom. The van der Waals surface area contributed by atoms with Gasteiger partial charge in [0.25, 0.3) is 0 Å². The van der Waals surface area contributed by atoms with Gasteiger partial charge in [-0.25, -0.2) is 9.59 Å². The monoisotopic (exact) mass is 800 g/mol. The van der Waals surface area contributed by atoms with E-state index in [0.717, 1.165) is 57.3 Å². The average molecular weight is 803 g/mol. The van der Waals surface area contributed by atoms with Crippen molar-refractivity contribution in [2.24, 2.45) is 5.92 Å². The van der Waals surface area contributed by atoms with Crippen LogP contribution < -0.4 is 5.32 Å². The number of fused-ring (bicyclic) bond motifs is 1. The number of hydrogen-bond acceptors (Lipinski definition) is 6. The third-order valence-electron chi connectivity index (χ3n) is 10.9. The molecule has 11 nitrogen and oxygen atoms in total. The van der Waals surface area contributed by atoms with Gasteiger partial charge in [-0.05, 0) is 94.1 Å². The fourth-order valence-electron chi connectivity index (χ4n) is 7.84. The molecule has 2 aromatic carbocycles. The minimum atomic E-state index is -1.01. The van der Waals surface area contributed by atoms with Crippen molar-refractivity contribution in [2.45, 2.75) is 70.1 Å². The predicted octanol–water partition coefficient (Wildman–Crippen LogP) is 4.80. The number of piperidine rings is 2. The van der Waals surface area contributed by atoms with Gasteiger partial charge in [-0.2, -0.15) is 0 Å². The number of carbonyl (C=O) groups is 4. The molecule has 13 heteroatoms. The number of carbonyl (C=O) groups excluding carboxylic acids is 3. The van der Waals surface area contributed by atoms with Crippen LogP contribution in [0.2, 0.25) is 0 Å². The standard InChI is InChI=1S/C36H46Br2N6O5/c1-23-29(37)18-24(19-30(23)38)17-26(34(46)43-16-15-42(22-32(43)35(47)48)27-7-11-40(2)12-8-27)20-33(45)41-13-9-28(10-14-41)44-21-25-5-3-4-6-31(25)39-36(44)49/h3-6,18-19,26-28,32H,7-17,20-22H2,1-2H3,(H,39,49)(H,47,48). The van der Waals surface area contributed by atoms with E-state index in [4.69, 9.17) is 0 Å². The smallest absolute Gasteiger partial charge is 0.327 e. The highest BCUT2D eigenvalue weighted by Crippen LogP contribution is 2.31. The molecule has 0 aromatic heterocycles. The van der Waals surface area contributed by atoms with Crippen LogP contribution in [-0.4, -0.2) is 124 Å². The van der Waals surface area contributed by atoms with Crippen LogP contribution in [-0.2, 0) is 27.3 Å². The van der Waals surface area contributed by atoms with Crippen LogP contribution in [0.1, 0.15) is 48.8 Å². The highest BCUT2D eigenvalue weighted by molar-refractivity contribution is 9.11. The van der Waals surface area contributed by atoms with Crippen molar-refractivity contribution in [3.63, 3.8) is 0 Å². The molecule has 6 rings (SSSR count). The van der Waals surface area contributed by atoms with Crippen LogP contribution in [0.5, 0.6) is 0 Å². The highest BCUT2D eigenvalue weighted by Gasteiger charge is 2.41. The lowest BCUT2D eigenvalue weighted by Crippen LogP contribution is -2.62. The SMILES string of the molecule is Cc1c(Br)cc(CC(CC(=O)N2CCC(N3Cc4ccccc4NC3=O)CC2)C(=O)N2CCN(C3CCN(C)CC3)CC2C(=O)O)cc1Br. The lowest BCUT2D eigenvalue weighted by atomic mass is 9.91. The lowest BCUT2D eigenvalue weighted by Gasteiger charge is -2.45. The van der Waals surface area contributed by atoms with Gasteiger partial charge in [0.1, 0.15) is 6.04 Å². The first kappa shape index (κ1) is 35.8. The van der Waals surface area contributed by atoms with E-state index in [1.54, 1.807) is 4.90 Å². The number of piperazine rings is 1. The zero-order chi connectivity index (χ0) is 34.8. The van der Waals surface area contributed by atoms with Gasteiger partial charge in [-0.1, -0.05) is 50.1 Å². The van der Waals surface area contributed by atoms with E-state index in [-0.39, 0.29) is 30.3 Å². The van der Waals surface area contributed by atoms with Crippen LogP contribution in [0.15, 0.2) is 45.3 Å². The summed E-state index contributed by atoms with van der Waals surface area (Å²) >= 11 is 7.25. The van der Waals surface area contributed by atoms with Gasteiger partial charge in [-0.15, -0.1) is 0 Å². The van der Waals surface area contributed by atoms with Gasteiger partial charge in [0.2, 0.25) is 11.8 Å². The molecule has 0 bridgehead atoms. The number of benzene rings is 2. The van der Waals surface area contributed by atoms with Crippen molar-refractivity contribution in [3.05, 3.63) is 62.0 Å². The van der Waals surface area contributed by atoms with Crippen molar-refractivity contribution in [1.82, 2.24) is 24.5 Å². The van der Waals surface area contributed by atoms with E-state index in [0.29, 0.717) is 64.6 Å². The van der Waals surface area contributed by atoms with Gasteiger partial charge < -0.3 is 30.0 Å². The largest absolute Gasteiger partial charge is 0.480 e. The molecule has 4 heterocycles. The maximum absolute atomic E-state index is 14.4. The summed E-state index contributed by atoms with van der Waals surface area (Å²) in [5, 5.41) is 13.3. The molecule has 2 aromatic rings. The summed E-state index contributed by atoms with van der Waals surface area (Å²) in [7, 11) is 2.11. The summed E-state index contributed by atoms with van der Waals surface area (Å²) in [5.74, 6) is -2.13. The van der Waals surface area contributed by atoms with E-state index < -0.39 is 17.9 Å². The van der Waals surface area contributed by atoms with Crippen molar-refractivity contribution >= 4 is 61.4 Å². The number of carboxylic acids is 1. The summed E-state index contributed by atoms with van der Waals surface area (Å²) in [4.78, 5) is 63.6. The van der Waals surface area contributed by atoms with Crippen LogP contribution in [0, 0.1) is 12.8 Å². The Balaban J connectivity index is 1.15. The van der Waals surface area contributed by atoms with Crippen LogP contribution >= 0.6 is 31.9 Å². The Hall–Kier alpha value is -3.00. The van der Waals surface area contributed by atoms with E-state index in [1.165, 1.54) is 4.90 Å². The molecule has 0 spiro atoms. The molecular formula is C36H46Br2N6O5. The van der Waals surface area contributed by atoms with Gasteiger partial charge in [0.15, 0.2) is 0 Å². The first-order chi connectivity index (χ1) is 23.5. The minimum absolute atomic E-state index is 0.00823. The number of aliphatic carboxylic acids is 1. The summed E-state index contributed by atoms with van der Waals surface area (Å²) in [5.41, 5.74) is 3.84. The highest BCUT2D eigenvalue weighted by atomic mass is 79.9. The van der Waals surface area contributed by atoms with Crippen LogP contribution in [0.25, 0.3) is 0 Å². The number of anilines is 1. The molecular weight excluding hydrogens is 756 g/mol. The molecule has 49 heavy (non-hydrogen) atoms. The number of para-hydroxylation sites is 1. The number of amides is 4. The second-order valence-corrected chi connectivity index (χ2v) is 15.7. The second kappa shape index (κ2) is 15.5. The average Bonchev–Trinajstić information content (AvgIpc) is 3.09. The van der Waals surface area contributed by atoms with Crippen molar-refractivity contribution < 1.29 is 24.3 Å². The molecule has 2 atom stereocenters. The molecule has 0 aliphatic carbocycles. The van der Waals surface area contributed by atoms with Gasteiger partial charge in [-0.3, -0.25) is 14.5 Å². The fourth-order valence-corrected chi connectivity index (χ4v) is 9.12. The Morgan fingerprint density at radius 1 is 0.939 bits per heavy atom. The number of urea groups is 1. The quantitative estimate of drug-likeness (QED) is 0.395. The van der Waals surface area contributed by atoms with E-state index >= 15 is 0 Å². The first-order valence-electron chi connectivity index (χ1n) is 17.3. The number of rotatable bonds is 8. The maximum Gasteiger partial charge on any atom is 0.327 e. The fraction of sp³-hybridized carbons (Fsp3) is 0.556. The zero-order valence-corrected chi connectivity index (χ0v) is 31.4. The Morgan fingerprint density at radius 3 is 2.27 bits per heavy atom. The molecule has 3 fully saturated rings. The second-order valence-electron chi connectivity index (χ2n) is 14.0. The topological polar surface area (TPSA) is 117 Å². The molecule has 0 radical (unpaired) electrons. The minimum Gasteiger partial charge on any atom is -0.480 e. The third-order valence-corrected chi connectivity index (χ3v) is 12.5. The molecule has 3 saturated heterocycles. The van der Waals surface area contributed by atoms with Gasteiger partial charge in [0.05, 0.1) is 5.92 Å². The number of nitrogens with one attached hydrogen (secondary N) is 1. The maximum atomic E-state index is 14.4. The number of nitrogens with zero attached hydrogens (tertiary/aromatic N) is 5. The van der Waals surface area contributed by atoms with Gasteiger partial charge in [0, 0.05) is 72.4 Å². The summed E-state index contributed by atoms with van der Waals surface area (Å²) < 4.78 is 1.80. The summed E-state index contributed by atoms with van der Waals surface area (Å²) in [6, 6.07) is 11.0. The Labute approximate surface area is 305 Å². The summed E-state index contributed by atoms with van der Waals surface area (Å²) in [6.45, 7) is 6.69. The molecule has 4 aliphatic rings. The number of hydrogen-bond donors (Lipinski definition) is 2. The van der Waals surface area contributed by atoms with Crippen LogP contribution in [0.4, 0.5) is 10.5 Å². The predicted molar refractivity (Wildman–Crippen MR) is 194 cm³/mol.